The molecule has 1 aliphatic heterocycles. The Bertz CT molecular complexity index is 137. The van der Waals surface area contributed by atoms with Gasteiger partial charge in [0, 0.05) is 26.4 Å². The minimum Gasteiger partial charge on any atom is -0.319 e. The maximum Gasteiger partial charge on any atom is 0.0971 e. The minimum absolute atomic E-state index is 1.02. The zero-order valence-corrected chi connectivity index (χ0v) is 7.89. The summed E-state index contributed by atoms with van der Waals surface area (Å²) in [4.78, 5) is 0. The fourth-order valence-electron chi connectivity index (χ4n) is 2.09. The monoisotopic (exact) mass is 168 g/mol. The number of quaternary nitrogens is 1. The lowest BCUT2D eigenvalue weighted by Crippen LogP contribution is -2.48. The van der Waals surface area contributed by atoms with Crippen LogP contribution in [-0.2, 0) is 0 Å². The third-order valence-corrected chi connectivity index (χ3v) is 2.79. The molecule has 1 N–H and O–H groups in total. The first-order chi connectivity index (χ1) is 5.83. The van der Waals surface area contributed by atoms with Gasteiger partial charge in [0.2, 0.25) is 0 Å². The van der Waals surface area contributed by atoms with Crippen molar-refractivity contribution in [2.75, 3.05) is 32.7 Å². The van der Waals surface area contributed by atoms with Crippen LogP contribution >= 0.6 is 0 Å². The first-order valence-corrected chi connectivity index (χ1v) is 4.79. The number of hydrogen-bond donors (Lipinski definition) is 1. The van der Waals surface area contributed by atoms with Crippen molar-refractivity contribution in [2.24, 2.45) is 0 Å². The van der Waals surface area contributed by atoms with E-state index in [1.807, 2.05) is 0 Å². The van der Waals surface area contributed by atoms with Crippen LogP contribution in [0.3, 0.4) is 0 Å². The molecule has 0 aromatic heterocycles. The van der Waals surface area contributed by atoms with Crippen LogP contribution in [-0.4, -0.2) is 37.2 Å². The SMILES string of the molecule is [CH2]NCC[N+]1(CC=C)CCCC1. The zero-order chi connectivity index (χ0) is 8.86. The second-order valence-electron chi connectivity index (χ2n) is 3.69. The van der Waals surface area contributed by atoms with Gasteiger partial charge in [-0.1, -0.05) is 6.58 Å². The molecule has 1 aliphatic rings. The van der Waals surface area contributed by atoms with Crippen LogP contribution in [0.1, 0.15) is 12.8 Å². The molecule has 0 unspecified atom stereocenters. The Kier molecular flexibility index (Phi) is 3.76. The van der Waals surface area contributed by atoms with E-state index in [0.717, 1.165) is 13.1 Å². The van der Waals surface area contributed by atoms with Gasteiger partial charge in [-0.3, -0.25) is 0 Å². The van der Waals surface area contributed by atoms with Crippen LogP contribution in [0.15, 0.2) is 12.7 Å². The number of hydrogen-bond acceptors (Lipinski definition) is 1. The fraction of sp³-hybridized carbons (Fsp3) is 0.700. The normalized spacial score (nSPS) is 21.1. The van der Waals surface area contributed by atoms with Crippen molar-refractivity contribution in [3.8, 4) is 0 Å². The fourth-order valence-corrected chi connectivity index (χ4v) is 2.09. The lowest BCUT2D eigenvalue weighted by atomic mass is 10.3. The first-order valence-electron chi connectivity index (χ1n) is 4.79. The van der Waals surface area contributed by atoms with Crippen LogP contribution < -0.4 is 5.32 Å². The van der Waals surface area contributed by atoms with Crippen molar-refractivity contribution in [1.29, 1.82) is 0 Å². The largest absolute Gasteiger partial charge is 0.319 e. The molecule has 2 nitrogen and oxygen atoms in total. The van der Waals surface area contributed by atoms with E-state index in [1.165, 1.54) is 37.0 Å². The van der Waals surface area contributed by atoms with Gasteiger partial charge in [0.05, 0.1) is 26.2 Å². The van der Waals surface area contributed by atoms with Gasteiger partial charge < -0.3 is 9.80 Å². The molecule has 69 valence electrons. The molecule has 0 saturated carbocycles. The van der Waals surface area contributed by atoms with E-state index in [2.05, 4.69) is 25.0 Å². The molecule has 12 heavy (non-hydrogen) atoms. The highest BCUT2D eigenvalue weighted by Crippen LogP contribution is 2.18. The van der Waals surface area contributed by atoms with E-state index in [9.17, 15) is 0 Å². The average molecular weight is 168 g/mol. The van der Waals surface area contributed by atoms with Gasteiger partial charge in [-0.15, -0.1) is 0 Å². The third-order valence-electron chi connectivity index (χ3n) is 2.79. The number of rotatable bonds is 5. The summed E-state index contributed by atoms with van der Waals surface area (Å²) in [6.45, 7) is 9.83. The predicted molar refractivity (Wildman–Crippen MR) is 52.5 cm³/mol. The molecular weight excluding hydrogens is 148 g/mol. The molecule has 0 aromatic carbocycles. The molecule has 1 radical (unpaired) electrons. The Morgan fingerprint density at radius 1 is 1.33 bits per heavy atom. The van der Waals surface area contributed by atoms with Crippen molar-refractivity contribution in [2.45, 2.75) is 12.8 Å². The number of likely N-dealkylation sites (tertiary alicyclic amines) is 1. The third kappa shape index (κ3) is 2.32. The summed E-state index contributed by atoms with van der Waals surface area (Å²) in [6, 6.07) is 0. The topological polar surface area (TPSA) is 12.0 Å². The highest BCUT2D eigenvalue weighted by atomic mass is 15.4. The minimum atomic E-state index is 1.02. The lowest BCUT2D eigenvalue weighted by Gasteiger charge is -2.33. The number of nitrogens with one attached hydrogen (secondary N) is 1. The molecule has 0 spiro atoms. The van der Waals surface area contributed by atoms with Crippen LogP contribution in [0.2, 0.25) is 0 Å². The van der Waals surface area contributed by atoms with Crippen LogP contribution in [0.25, 0.3) is 0 Å². The molecule has 1 saturated heterocycles. The Hall–Kier alpha value is -0.340. The van der Waals surface area contributed by atoms with Gasteiger partial charge in [-0.25, -0.2) is 0 Å². The summed E-state index contributed by atoms with van der Waals surface area (Å²) in [6.07, 6.45) is 4.81. The molecule has 2 heteroatoms. The molecule has 1 fully saturated rings. The van der Waals surface area contributed by atoms with E-state index < -0.39 is 0 Å². The summed E-state index contributed by atoms with van der Waals surface area (Å²) >= 11 is 0. The first kappa shape index (κ1) is 9.75. The Balaban J connectivity index is 2.40. The van der Waals surface area contributed by atoms with Crippen LogP contribution in [0.4, 0.5) is 0 Å². The molecule has 1 rings (SSSR count). The Morgan fingerprint density at radius 2 is 2.00 bits per heavy atom. The summed E-state index contributed by atoms with van der Waals surface area (Å²) in [5.41, 5.74) is 0. The predicted octanol–water partition coefficient (Wildman–Crippen LogP) is 1.16. The Morgan fingerprint density at radius 3 is 2.50 bits per heavy atom. The highest BCUT2D eigenvalue weighted by Gasteiger charge is 2.29. The quantitative estimate of drug-likeness (QED) is 0.480. The van der Waals surface area contributed by atoms with Gasteiger partial charge in [-0.05, 0) is 6.08 Å². The molecule has 1 heterocycles. The van der Waals surface area contributed by atoms with Crippen LogP contribution in [0.5, 0.6) is 0 Å². The molecular formula is C10H20N2+. The second-order valence-corrected chi connectivity index (χ2v) is 3.69. The van der Waals surface area contributed by atoms with Gasteiger partial charge >= 0.3 is 0 Å². The van der Waals surface area contributed by atoms with E-state index in [-0.39, 0.29) is 0 Å². The van der Waals surface area contributed by atoms with E-state index >= 15 is 0 Å². The Labute approximate surface area is 75.8 Å². The van der Waals surface area contributed by atoms with Gasteiger partial charge in [0.25, 0.3) is 0 Å². The zero-order valence-electron chi connectivity index (χ0n) is 7.89. The van der Waals surface area contributed by atoms with E-state index in [1.54, 1.807) is 0 Å². The average Bonchev–Trinajstić information content (AvgIpc) is 2.51. The maximum atomic E-state index is 3.83. The smallest absolute Gasteiger partial charge is 0.0971 e. The highest BCUT2D eigenvalue weighted by molar-refractivity contribution is 4.69. The summed E-state index contributed by atoms with van der Waals surface area (Å²) in [7, 11) is 3.65. The van der Waals surface area contributed by atoms with Crippen LogP contribution in [0, 0.1) is 7.05 Å². The summed E-state index contributed by atoms with van der Waals surface area (Å²) < 4.78 is 1.23. The molecule has 0 amide bonds. The maximum absolute atomic E-state index is 3.83. The van der Waals surface area contributed by atoms with Crippen molar-refractivity contribution < 1.29 is 4.48 Å². The van der Waals surface area contributed by atoms with Gasteiger partial charge in [0.1, 0.15) is 0 Å². The summed E-state index contributed by atoms with van der Waals surface area (Å²) in [5, 5.41) is 2.98. The summed E-state index contributed by atoms with van der Waals surface area (Å²) in [5.74, 6) is 0. The van der Waals surface area contributed by atoms with Crippen molar-refractivity contribution in [1.82, 2.24) is 5.32 Å². The van der Waals surface area contributed by atoms with E-state index in [0.29, 0.717) is 0 Å². The number of nitrogens with zero attached hydrogens (tertiary/aromatic N) is 1. The van der Waals surface area contributed by atoms with Crippen molar-refractivity contribution >= 4 is 0 Å². The van der Waals surface area contributed by atoms with Gasteiger partial charge in [-0.2, -0.15) is 0 Å². The molecule has 0 bridgehead atoms. The standard InChI is InChI=1S/C10H20N2/c1-3-7-12(10-6-11-2)8-4-5-9-12/h3,11H,1-2,4-10H2/q+1. The second kappa shape index (κ2) is 4.63. The molecule has 0 atom stereocenters. The van der Waals surface area contributed by atoms with Gasteiger partial charge in [0.15, 0.2) is 0 Å². The van der Waals surface area contributed by atoms with Crippen molar-refractivity contribution in [3.05, 3.63) is 19.7 Å². The van der Waals surface area contributed by atoms with E-state index in [4.69, 9.17) is 0 Å². The molecule has 0 aliphatic carbocycles. The van der Waals surface area contributed by atoms with Crippen molar-refractivity contribution in [3.63, 3.8) is 0 Å². The lowest BCUT2D eigenvalue weighted by molar-refractivity contribution is -0.910. The molecule has 0 aromatic rings.